The van der Waals surface area contributed by atoms with Crippen LogP contribution in [-0.4, -0.2) is 23.0 Å². The second-order valence-corrected chi connectivity index (χ2v) is 6.31. The molecule has 0 bridgehead atoms. The first-order chi connectivity index (χ1) is 10.3. The van der Waals surface area contributed by atoms with Gasteiger partial charge in [0.25, 0.3) is 0 Å². The normalized spacial score (nSPS) is 17.0. The van der Waals surface area contributed by atoms with E-state index in [-0.39, 0.29) is 0 Å². The van der Waals surface area contributed by atoms with Gasteiger partial charge in [0.05, 0.1) is 5.69 Å². The van der Waals surface area contributed by atoms with Crippen LogP contribution >= 0.6 is 11.6 Å². The van der Waals surface area contributed by atoms with Crippen LogP contribution in [-0.2, 0) is 13.0 Å². The summed E-state index contributed by atoms with van der Waals surface area (Å²) >= 11 is 6.02. The van der Waals surface area contributed by atoms with E-state index in [1.807, 2.05) is 12.1 Å². The Morgan fingerprint density at radius 1 is 1.10 bits per heavy atom. The fourth-order valence-corrected chi connectivity index (χ4v) is 3.24. The van der Waals surface area contributed by atoms with Gasteiger partial charge in [-0.25, -0.2) is 0 Å². The first kappa shape index (κ1) is 14.6. The van der Waals surface area contributed by atoms with Crippen LogP contribution in [0.3, 0.4) is 0 Å². The van der Waals surface area contributed by atoms with Crippen LogP contribution in [0.1, 0.15) is 24.1 Å². The number of aromatic nitrogens is 1. The summed E-state index contributed by atoms with van der Waals surface area (Å²) in [7, 11) is 0. The van der Waals surface area contributed by atoms with Crippen LogP contribution in [0.5, 0.6) is 0 Å². The van der Waals surface area contributed by atoms with Gasteiger partial charge in [0.1, 0.15) is 0 Å². The molecular formula is C18H21ClN2. The monoisotopic (exact) mass is 300 g/mol. The highest BCUT2D eigenvalue weighted by Gasteiger charge is 2.19. The smallest absolute Gasteiger partial charge is 0.0558 e. The van der Waals surface area contributed by atoms with E-state index in [4.69, 9.17) is 11.6 Å². The Balaban J connectivity index is 1.49. The van der Waals surface area contributed by atoms with Crippen molar-refractivity contribution < 1.29 is 0 Å². The number of halogens is 1. The van der Waals surface area contributed by atoms with Gasteiger partial charge in [-0.3, -0.25) is 9.88 Å². The third-order valence-corrected chi connectivity index (χ3v) is 4.47. The minimum atomic E-state index is 0.777. The van der Waals surface area contributed by atoms with Crippen LogP contribution in [0, 0.1) is 5.92 Å². The maximum atomic E-state index is 6.02. The van der Waals surface area contributed by atoms with Gasteiger partial charge >= 0.3 is 0 Å². The topological polar surface area (TPSA) is 16.1 Å². The Hall–Kier alpha value is -1.38. The van der Waals surface area contributed by atoms with Gasteiger partial charge in [-0.2, -0.15) is 0 Å². The van der Waals surface area contributed by atoms with Crippen molar-refractivity contribution in [2.24, 2.45) is 5.92 Å². The average molecular weight is 301 g/mol. The number of rotatable bonds is 4. The van der Waals surface area contributed by atoms with Crippen molar-refractivity contribution in [3.63, 3.8) is 0 Å². The molecule has 1 saturated heterocycles. The van der Waals surface area contributed by atoms with Crippen molar-refractivity contribution in [2.75, 3.05) is 13.1 Å². The number of likely N-dealkylation sites (tertiary alicyclic amines) is 1. The molecule has 0 spiro atoms. The van der Waals surface area contributed by atoms with Gasteiger partial charge in [-0.05, 0) is 56.0 Å². The van der Waals surface area contributed by atoms with Gasteiger partial charge in [0.15, 0.2) is 0 Å². The van der Waals surface area contributed by atoms with Crippen molar-refractivity contribution in [2.45, 2.75) is 25.8 Å². The predicted molar refractivity (Wildman–Crippen MR) is 87.4 cm³/mol. The SMILES string of the molecule is Clc1ccnc(CN2CCC(Cc3ccccc3)CC2)c1. The molecule has 0 N–H and O–H groups in total. The quantitative estimate of drug-likeness (QED) is 0.841. The van der Waals surface area contributed by atoms with Crippen LogP contribution in [0.15, 0.2) is 48.7 Å². The summed E-state index contributed by atoms with van der Waals surface area (Å²) in [5.74, 6) is 0.816. The lowest BCUT2D eigenvalue weighted by Gasteiger charge is -2.31. The Morgan fingerprint density at radius 3 is 2.57 bits per heavy atom. The molecule has 0 amide bonds. The van der Waals surface area contributed by atoms with Crippen LogP contribution < -0.4 is 0 Å². The van der Waals surface area contributed by atoms with E-state index in [2.05, 4.69) is 40.2 Å². The third kappa shape index (κ3) is 4.29. The maximum absolute atomic E-state index is 6.02. The molecule has 1 aliphatic heterocycles. The summed E-state index contributed by atoms with van der Waals surface area (Å²) in [6.45, 7) is 3.23. The fourth-order valence-electron chi connectivity index (χ4n) is 3.06. The zero-order valence-electron chi connectivity index (χ0n) is 12.2. The predicted octanol–water partition coefficient (Wildman–Crippen LogP) is 4.19. The van der Waals surface area contributed by atoms with E-state index in [1.54, 1.807) is 6.20 Å². The number of pyridine rings is 1. The number of nitrogens with zero attached hydrogens (tertiary/aromatic N) is 2. The Labute approximate surface area is 131 Å². The van der Waals surface area contributed by atoms with Crippen molar-refractivity contribution >= 4 is 11.6 Å². The molecule has 110 valence electrons. The number of hydrogen-bond acceptors (Lipinski definition) is 2. The maximum Gasteiger partial charge on any atom is 0.0558 e. The Morgan fingerprint density at radius 2 is 1.86 bits per heavy atom. The largest absolute Gasteiger partial charge is 0.297 e. The van der Waals surface area contributed by atoms with Gasteiger partial charge in [-0.15, -0.1) is 0 Å². The molecule has 0 unspecified atom stereocenters. The lowest BCUT2D eigenvalue weighted by Crippen LogP contribution is -2.34. The molecule has 3 heteroatoms. The van der Waals surface area contributed by atoms with Crippen LogP contribution in [0.25, 0.3) is 0 Å². The molecule has 2 nitrogen and oxygen atoms in total. The van der Waals surface area contributed by atoms with Crippen molar-refractivity contribution in [3.8, 4) is 0 Å². The van der Waals surface area contributed by atoms with Gasteiger partial charge in [0.2, 0.25) is 0 Å². The number of hydrogen-bond donors (Lipinski definition) is 0. The summed E-state index contributed by atoms with van der Waals surface area (Å²) in [6.07, 6.45) is 5.55. The molecule has 2 aromatic rings. The highest BCUT2D eigenvalue weighted by Crippen LogP contribution is 2.22. The van der Waals surface area contributed by atoms with E-state index in [0.29, 0.717) is 0 Å². The minimum absolute atomic E-state index is 0.777. The van der Waals surface area contributed by atoms with Crippen LogP contribution in [0.4, 0.5) is 0 Å². The number of benzene rings is 1. The van der Waals surface area contributed by atoms with E-state index in [0.717, 1.165) is 36.3 Å². The van der Waals surface area contributed by atoms with E-state index in [1.165, 1.54) is 24.8 Å². The molecule has 2 heterocycles. The lowest BCUT2D eigenvalue weighted by atomic mass is 9.90. The molecule has 3 rings (SSSR count). The highest BCUT2D eigenvalue weighted by molar-refractivity contribution is 6.30. The second kappa shape index (κ2) is 7.06. The van der Waals surface area contributed by atoms with E-state index >= 15 is 0 Å². The summed E-state index contributed by atoms with van der Waals surface area (Å²) < 4.78 is 0. The van der Waals surface area contributed by atoms with Gasteiger partial charge < -0.3 is 0 Å². The summed E-state index contributed by atoms with van der Waals surface area (Å²) in [6, 6.07) is 14.6. The molecule has 0 aliphatic carbocycles. The minimum Gasteiger partial charge on any atom is -0.297 e. The van der Waals surface area contributed by atoms with Gasteiger partial charge in [0, 0.05) is 17.8 Å². The van der Waals surface area contributed by atoms with Crippen molar-refractivity contribution in [1.82, 2.24) is 9.88 Å². The fraction of sp³-hybridized carbons (Fsp3) is 0.389. The first-order valence-electron chi connectivity index (χ1n) is 7.66. The van der Waals surface area contributed by atoms with Crippen molar-refractivity contribution in [1.29, 1.82) is 0 Å². The zero-order valence-corrected chi connectivity index (χ0v) is 13.0. The first-order valence-corrected chi connectivity index (χ1v) is 8.04. The highest BCUT2D eigenvalue weighted by atomic mass is 35.5. The molecule has 0 radical (unpaired) electrons. The average Bonchev–Trinajstić information content (AvgIpc) is 2.50. The molecule has 0 saturated carbocycles. The van der Waals surface area contributed by atoms with Gasteiger partial charge in [-0.1, -0.05) is 41.9 Å². The Bertz CT molecular complexity index is 562. The van der Waals surface area contributed by atoms with E-state index in [9.17, 15) is 0 Å². The second-order valence-electron chi connectivity index (χ2n) is 5.87. The molecule has 21 heavy (non-hydrogen) atoms. The van der Waals surface area contributed by atoms with E-state index < -0.39 is 0 Å². The summed E-state index contributed by atoms with van der Waals surface area (Å²) in [5, 5.41) is 0.777. The molecule has 1 aliphatic rings. The molecule has 0 atom stereocenters. The third-order valence-electron chi connectivity index (χ3n) is 4.24. The standard InChI is InChI=1S/C18H21ClN2/c19-17-6-9-20-18(13-17)14-21-10-7-16(8-11-21)12-15-4-2-1-3-5-15/h1-6,9,13,16H,7-8,10-12,14H2. The Kier molecular flexibility index (Phi) is 4.89. The zero-order chi connectivity index (χ0) is 14.5. The molecule has 1 aromatic heterocycles. The lowest BCUT2D eigenvalue weighted by molar-refractivity contribution is 0.175. The number of piperidine rings is 1. The summed E-state index contributed by atoms with van der Waals surface area (Å²) in [5.41, 5.74) is 2.54. The molecule has 1 aromatic carbocycles. The van der Waals surface area contributed by atoms with Crippen LogP contribution in [0.2, 0.25) is 5.02 Å². The molecule has 1 fully saturated rings. The summed E-state index contributed by atoms with van der Waals surface area (Å²) in [4.78, 5) is 6.88. The van der Waals surface area contributed by atoms with Crippen molar-refractivity contribution in [3.05, 3.63) is 64.9 Å². The molecular weight excluding hydrogens is 280 g/mol.